The Kier molecular flexibility index (Phi) is 4.19. The van der Waals surface area contributed by atoms with Crippen molar-refractivity contribution in [3.8, 4) is 11.3 Å². The van der Waals surface area contributed by atoms with Crippen molar-refractivity contribution in [1.82, 2.24) is 14.6 Å². The Morgan fingerprint density at radius 2 is 1.80 bits per heavy atom. The molecule has 0 atom stereocenters. The zero-order valence-electron chi connectivity index (χ0n) is 13.1. The molecule has 124 valence electrons. The minimum Gasteiger partial charge on any atom is -0.246 e. The number of rotatable bonds is 4. The fourth-order valence-electron chi connectivity index (χ4n) is 2.53. The van der Waals surface area contributed by atoms with Gasteiger partial charge in [0.25, 0.3) is 0 Å². The quantitative estimate of drug-likeness (QED) is 0.486. The first-order valence-electron chi connectivity index (χ1n) is 7.67. The molecule has 0 spiro atoms. The minimum absolute atomic E-state index is 0.220. The molecule has 0 unspecified atom stereocenters. The van der Waals surface area contributed by atoms with Crippen molar-refractivity contribution in [2.45, 2.75) is 10.8 Å². The van der Waals surface area contributed by atoms with Crippen LogP contribution in [0.5, 0.6) is 0 Å². The minimum atomic E-state index is -0.282. The standard InChI is InChI=1S/C19H13F2N3S/c20-15-7-5-13(6-8-15)17-11-18-19(22-9-10-24(18)23-17)25-12-14-3-1-2-4-16(14)21/h1-11H,12H2. The van der Waals surface area contributed by atoms with Crippen molar-refractivity contribution in [2.75, 3.05) is 0 Å². The normalized spacial score (nSPS) is 11.1. The Labute approximate surface area is 147 Å². The van der Waals surface area contributed by atoms with Gasteiger partial charge >= 0.3 is 0 Å². The van der Waals surface area contributed by atoms with Crippen LogP contribution < -0.4 is 0 Å². The number of hydrogen-bond donors (Lipinski definition) is 0. The second-order valence-electron chi connectivity index (χ2n) is 5.48. The van der Waals surface area contributed by atoms with E-state index in [1.807, 2.05) is 12.1 Å². The van der Waals surface area contributed by atoms with Gasteiger partial charge in [-0.15, -0.1) is 0 Å². The number of fused-ring (bicyclic) bond motifs is 1. The topological polar surface area (TPSA) is 30.2 Å². The van der Waals surface area contributed by atoms with Gasteiger partial charge in [-0.2, -0.15) is 5.10 Å². The fourth-order valence-corrected chi connectivity index (χ4v) is 3.49. The number of benzene rings is 2. The van der Waals surface area contributed by atoms with E-state index in [9.17, 15) is 8.78 Å². The van der Waals surface area contributed by atoms with Crippen LogP contribution in [0.15, 0.2) is 72.0 Å². The predicted molar refractivity (Wildman–Crippen MR) is 94.3 cm³/mol. The van der Waals surface area contributed by atoms with Gasteiger partial charge in [0.2, 0.25) is 0 Å². The molecule has 0 aliphatic carbocycles. The van der Waals surface area contributed by atoms with Gasteiger partial charge in [0, 0.05) is 23.7 Å². The lowest BCUT2D eigenvalue weighted by molar-refractivity contribution is 0.617. The summed E-state index contributed by atoms with van der Waals surface area (Å²) in [5.41, 5.74) is 3.04. The van der Waals surface area contributed by atoms with Gasteiger partial charge in [0.15, 0.2) is 0 Å². The molecule has 0 saturated carbocycles. The van der Waals surface area contributed by atoms with E-state index in [4.69, 9.17) is 0 Å². The maximum Gasteiger partial charge on any atom is 0.127 e. The average Bonchev–Trinajstić information content (AvgIpc) is 3.06. The summed E-state index contributed by atoms with van der Waals surface area (Å²) in [5.74, 6) is -0.0195. The van der Waals surface area contributed by atoms with E-state index in [2.05, 4.69) is 10.1 Å². The molecule has 3 nitrogen and oxygen atoms in total. The van der Waals surface area contributed by atoms with Crippen molar-refractivity contribution < 1.29 is 8.78 Å². The highest BCUT2D eigenvalue weighted by atomic mass is 32.2. The lowest BCUT2D eigenvalue weighted by Gasteiger charge is -2.04. The molecule has 4 aromatic rings. The van der Waals surface area contributed by atoms with Crippen LogP contribution in [0.1, 0.15) is 5.56 Å². The SMILES string of the molecule is Fc1ccc(-c2cc3c(SCc4ccccc4F)nccn3n2)cc1. The predicted octanol–water partition coefficient (Wildman–Crippen LogP) is 4.97. The molecule has 2 aromatic heterocycles. The first-order chi connectivity index (χ1) is 12.2. The van der Waals surface area contributed by atoms with Crippen LogP contribution in [0.3, 0.4) is 0 Å². The van der Waals surface area contributed by atoms with Crippen LogP contribution >= 0.6 is 11.8 Å². The number of hydrogen-bond acceptors (Lipinski definition) is 3. The van der Waals surface area contributed by atoms with Gasteiger partial charge in [0.1, 0.15) is 16.7 Å². The zero-order chi connectivity index (χ0) is 17.2. The van der Waals surface area contributed by atoms with E-state index in [-0.39, 0.29) is 11.6 Å². The fraction of sp³-hybridized carbons (Fsp3) is 0.0526. The smallest absolute Gasteiger partial charge is 0.127 e. The largest absolute Gasteiger partial charge is 0.246 e. The molecular weight excluding hydrogens is 340 g/mol. The molecule has 4 rings (SSSR count). The van der Waals surface area contributed by atoms with E-state index in [0.29, 0.717) is 11.3 Å². The van der Waals surface area contributed by atoms with Gasteiger partial charge in [-0.3, -0.25) is 0 Å². The third-order valence-corrected chi connectivity index (χ3v) is 4.86. The van der Waals surface area contributed by atoms with Crippen LogP contribution in [0.4, 0.5) is 8.78 Å². The third-order valence-electron chi connectivity index (χ3n) is 3.82. The highest BCUT2D eigenvalue weighted by Gasteiger charge is 2.11. The Hall–Kier alpha value is -2.73. The lowest BCUT2D eigenvalue weighted by Crippen LogP contribution is -1.92. The van der Waals surface area contributed by atoms with E-state index in [0.717, 1.165) is 21.8 Å². The molecule has 0 fully saturated rings. The zero-order valence-corrected chi connectivity index (χ0v) is 13.9. The molecule has 0 aliphatic rings. The molecule has 0 amide bonds. The first-order valence-corrected chi connectivity index (χ1v) is 8.66. The van der Waals surface area contributed by atoms with Crippen molar-refractivity contribution >= 4 is 17.3 Å². The summed E-state index contributed by atoms with van der Waals surface area (Å²) in [6.45, 7) is 0. The summed E-state index contributed by atoms with van der Waals surface area (Å²) in [5, 5.41) is 5.28. The van der Waals surface area contributed by atoms with E-state index in [1.54, 1.807) is 41.2 Å². The molecule has 2 aromatic carbocycles. The van der Waals surface area contributed by atoms with Crippen molar-refractivity contribution in [3.63, 3.8) is 0 Å². The Morgan fingerprint density at radius 3 is 2.60 bits per heavy atom. The van der Waals surface area contributed by atoms with Crippen molar-refractivity contribution in [2.24, 2.45) is 0 Å². The maximum absolute atomic E-state index is 13.8. The van der Waals surface area contributed by atoms with Crippen LogP contribution in [0, 0.1) is 11.6 Å². The number of halogens is 2. The molecule has 6 heteroatoms. The molecule has 0 radical (unpaired) electrons. The van der Waals surface area contributed by atoms with Crippen molar-refractivity contribution in [1.29, 1.82) is 0 Å². The van der Waals surface area contributed by atoms with Gasteiger partial charge in [-0.05, 0) is 42.0 Å². The summed E-state index contributed by atoms with van der Waals surface area (Å²) in [7, 11) is 0. The van der Waals surface area contributed by atoms with Crippen LogP contribution in [-0.2, 0) is 5.75 Å². The first kappa shape index (κ1) is 15.8. The Balaban J connectivity index is 1.66. The van der Waals surface area contributed by atoms with Gasteiger partial charge in [-0.1, -0.05) is 30.0 Å². The molecule has 0 saturated heterocycles. The second-order valence-corrected chi connectivity index (χ2v) is 6.44. The van der Waals surface area contributed by atoms with Crippen LogP contribution in [0.25, 0.3) is 16.8 Å². The Morgan fingerprint density at radius 1 is 1.00 bits per heavy atom. The van der Waals surface area contributed by atoms with E-state index < -0.39 is 0 Å². The number of nitrogens with zero attached hydrogens (tertiary/aromatic N) is 3. The maximum atomic E-state index is 13.8. The second kappa shape index (κ2) is 6.64. The molecule has 0 N–H and O–H groups in total. The average molecular weight is 353 g/mol. The lowest BCUT2D eigenvalue weighted by atomic mass is 10.1. The molecular formula is C19H13F2N3S. The van der Waals surface area contributed by atoms with Crippen LogP contribution in [-0.4, -0.2) is 14.6 Å². The summed E-state index contributed by atoms with van der Waals surface area (Å²) in [6, 6.07) is 14.8. The molecule has 2 heterocycles. The van der Waals surface area contributed by atoms with Crippen LogP contribution in [0.2, 0.25) is 0 Å². The van der Waals surface area contributed by atoms with Gasteiger partial charge in [-0.25, -0.2) is 18.3 Å². The molecule has 0 aliphatic heterocycles. The molecule has 0 bridgehead atoms. The summed E-state index contributed by atoms with van der Waals surface area (Å²) >= 11 is 1.46. The van der Waals surface area contributed by atoms with Gasteiger partial charge in [0.05, 0.1) is 11.2 Å². The van der Waals surface area contributed by atoms with E-state index >= 15 is 0 Å². The Bertz CT molecular complexity index is 1030. The monoisotopic (exact) mass is 353 g/mol. The summed E-state index contributed by atoms with van der Waals surface area (Å²) < 4.78 is 28.6. The summed E-state index contributed by atoms with van der Waals surface area (Å²) in [4.78, 5) is 4.39. The highest BCUT2D eigenvalue weighted by molar-refractivity contribution is 7.98. The molecule has 25 heavy (non-hydrogen) atoms. The number of thioether (sulfide) groups is 1. The number of aromatic nitrogens is 3. The van der Waals surface area contributed by atoms with Crippen molar-refractivity contribution in [3.05, 3.63) is 84.2 Å². The van der Waals surface area contributed by atoms with E-state index in [1.165, 1.54) is 30.0 Å². The highest BCUT2D eigenvalue weighted by Crippen LogP contribution is 2.28. The summed E-state index contributed by atoms with van der Waals surface area (Å²) in [6.07, 6.45) is 3.42. The third kappa shape index (κ3) is 3.25. The van der Waals surface area contributed by atoms with Gasteiger partial charge < -0.3 is 0 Å².